The molecule has 6 heterocycles. The molecule has 2 saturated heterocycles. The van der Waals surface area contributed by atoms with Crippen molar-refractivity contribution in [3.05, 3.63) is 170 Å². The Morgan fingerprint density at radius 2 is 1.57 bits per heavy atom. The van der Waals surface area contributed by atoms with E-state index in [1.165, 1.54) is 22.6 Å². The van der Waals surface area contributed by atoms with Gasteiger partial charge in [0.25, 0.3) is 0 Å². The Bertz CT molecular complexity index is 2930. The molecule has 2 fully saturated rings. The number of piperazine rings is 1. The predicted molar refractivity (Wildman–Crippen MR) is 257 cm³/mol. The summed E-state index contributed by atoms with van der Waals surface area (Å²) in [5.41, 5.74) is 7.93. The summed E-state index contributed by atoms with van der Waals surface area (Å²) >= 11 is 1.73. The van der Waals surface area contributed by atoms with Crippen LogP contribution in [0, 0.1) is 32.4 Å². The lowest BCUT2D eigenvalue weighted by atomic mass is 9.69. The SMILES string of the molecule is Cc1sc2c(c1C)C(c1ccc(N3CCC(O)(CN4CCN(c5cc(F)c([C@@H]6c7ccc(O)cc7CC[C@@H]6c6ccccc6)c(F)c5)CC4)CC3)cc1)=N[C@H](Cc1ncco1)c1nnc(C)n1-2. The molecule has 0 bridgehead atoms. The van der Waals surface area contributed by atoms with Crippen LogP contribution in [-0.4, -0.2) is 92.0 Å². The zero-order valence-corrected chi connectivity index (χ0v) is 38.8. The van der Waals surface area contributed by atoms with Crippen LogP contribution in [0.25, 0.3) is 5.00 Å². The predicted octanol–water partition coefficient (Wildman–Crippen LogP) is 9.38. The topological polar surface area (TPSA) is 119 Å². The number of fused-ring (bicyclic) bond motifs is 4. The third-order valence-electron chi connectivity index (χ3n) is 14.7. The maximum Gasteiger partial charge on any atom is 0.196 e. The Labute approximate surface area is 393 Å². The van der Waals surface area contributed by atoms with E-state index in [0.29, 0.717) is 63.6 Å². The lowest BCUT2D eigenvalue weighted by molar-refractivity contribution is -0.0173. The maximum absolute atomic E-state index is 16.4. The van der Waals surface area contributed by atoms with Gasteiger partial charge in [-0.05, 0) is 111 Å². The summed E-state index contributed by atoms with van der Waals surface area (Å²) in [7, 11) is 0. The van der Waals surface area contributed by atoms with Crippen LogP contribution in [0.1, 0.15) is 98.5 Å². The number of aliphatic hydroxyl groups is 1. The van der Waals surface area contributed by atoms with E-state index in [-0.39, 0.29) is 23.3 Å². The number of rotatable bonds is 9. The van der Waals surface area contributed by atoms with Crippen LogP contribution in [0.15, 0.2) is 107 Å². The number of benzene rings is 4. The van der Waals surface area contributed by atoms with Crippen molar-refractivity contribution in [3.8, 4) is 10.8 Å². The second kappa shape index (κ2) is 17.5. The summed E-state index contributed by atoms with van der Waals surface area (Å²) in [6.45, 7) is 10.8. The van der Waals surface area contributed by atoms with Crippen molar-refractivity contribution in [2.24, 2.45) is 4.99 Å². The number of β-amino-alcohol motifs (C(OH)–C–C–N with tert-alkyl or cyclic N) is 1. The van der Waals surface area contributed by atoms with Gasteiger partial charge < -0.3 is 24.4 Å². The smallest absolute Gasteiger partial charge is 0.196 e. The summed E-state index contributed by atoms with van der Waals surface area (Å²) < 4.78 is 40.7. The number of piperidine rings is 1. The number of aromatic nitrogens is 4. The third kappa shape index (κ3) is 8.12. The van der Waals surface area contributed by atoms with E-state index >= 15 is 8.78 Å². The Hall–Kier alpha value is -6.22. The van der Waals surface area contributed by atoms with Crippen LogP contribution in [0.4, 0.5) is 20.2 Å². The van der Waals surface area contributed by atoms with E-state index in [1.807, 2.05) is 43.3 Å². The van der Waals surface area contributed by atoms with Crippen LogP contribution in [0.2, 0.25) is 0 Å². The molecule has 11 rings (SSSR count). The molecular formula is C53H54F2N8O3S. The summed E-state index contributed by atoms with van der Waals surface area (Å²) in [4.78, 5) is 17.7. The number of nitrogens with zero attached hydrogens (tertiary/aromatic N) is 8. The van der Waals surface area contributed by atoms with Gasteiger partial charge in [0.05, 0.1) is 23.9 Å². The van der Waals surface area contributed by atoms with Gasteiger partial charge >= 0.3 is 0 Å². The van der Waals surface area contributed by atoms with Crippen LogP contribution < -0.4 is 9.80 Å². The average Bonchev–Trinajstić information content (AvgIpc) is 4.04. The van der Waals surface area contributed by atoms with Gasteiger partial charge in [-0.25, -0.2) is 13.8 Å². The molecule has 0 radical (unpaired) electrons. The zero-order chi connectivity index (χ0) is 46.0. The van der Waals surface area contributed by atoms with Crippen molar-refractivity contribution in [1.82, 2.24) is 24.6 Å². The fourth-order valence-electron chi connectivity index (χ4n) is 11.1. The molecule has 0 saturated carbocycles. The van der Waals surface area contributed by atoms with Gasteiger partial charge in [0, 0.05) is 84.7 Å². The molecule has 2 N–H and O–H groups in total. The number of aromatic hydroxyl groups is 1. The quantitative estimate of drug-likeness (QED) is 0.146. The Morgan fingerprint density at radius 1 is 0.836 bits per heavy atom. The number of hydrogen-bond acceptors (Lipinski definition) is 11. The van der Waals surface area contributed by atoms with Gasteiger partial charge in [0.15, 0.2) is 11.7 Å². The Morgan fingerprint density at radius 3 is 2.28 bits per heavy atom. The molecule has 11 nitrogen and oxygen atoms in total. The molecule has 14 heteroatoms. The molecule has 0 amide bonds. The lowest BCUT2D eigenvalue weighted by Crippen LogP contribution is -2.55. The highest BCUT2D eigenvalue weighted by atomic mass is 32.1. The number of oxazole rings is 1. The third-order valence-corrected chi connectivity index (χ3v) is 15.9. The number of phenolic OH excluding ortho intramolecular Hbond substituents is 1. The zero-order valence-electron chi connectivity index (χ0n) is 38.0. The molecule has 4 aliphatic rings. The molecule has 0 unspecified atom stereocenters. The number of phenols is 1. The van der Waals surface area contributed by atoms with E-state index in [9.17, 15) is 10.2 Å². The van der Waals surface area contributed by atoms with E-state index < -0.39 is 23.2 Å². The standard InChI is InChI=1S/C53H54F2N8O3S/c1-32-33(2)67-52-47(32)50(57-45(30-46-56-19-26-66-46)51-59-58-34(3)63(51)52)36-9-12-38(13-10-36)61-20-17-53(65,18-21-61)31-60-22-24-62(25-23-60)39-28-43(54)49(44(55)29-39)48-41(35-7-5-4-6-8-35)15-11-37-27-40(64)14-16-42(37)48/h4-10,12-14,16,19,26-29,41,45,48,64-65H,11,15,17-18,20-25,30-31H2,1-3H3/t41-,45-,48+/m1/s1. The summed E-state index contributed by atoms with van der Waals surface area (Å²) in [5, 5.41) is 32.3. The highest BCUT2D eigenvalue weighted by Crippen LogP contribution is 2.49. The monoisotopic (exact) mass is 920 g/mol. The molecule has 344 valence electrons. The minimum Gasteiger partial charge on any atom is -0.508 e. The number of hydrogen-bond donors (Lipinski definition) is 2. The normalized spacial score (nSPS) is 20.5. The van der Waals surface area contributed by atoms with E-state index in [4.69, 9.17) is 9.41 Å². The second-order valence-electron chi connectivity index (χ2n) is 18.8. The lowest BCUT2D eigenvalue weighted by Gasteiger charge is -2.44. The highest BCUT2D eigenvalue weighted by Gasteiger charge is 2.38. The van der Waals surface area contributed by atoms with Crippen molar-refractivity contribution in [3.63, 3.8) is 0 Å². The van der Waals surface area contributed by atoms with Crippen molar-refractivity contribution >= 4 is 28.4 Å². The van der Waals surface area contributed by atoms with Gasteiger partial charge in [-0.15, -0.1) is 21.5 Å². The Balaban J connectivity index is 0.746. The largest absolute Gasteiger partial charge is 0.508 e. The minimum absolute atomic E-state index is 0.0821. The number of aliphatic imine (C=N–C) groups is 1. The maximum atomic E-state index is 16.4. The first-order valence-electron chi connectivity index (χ1n) is 23.4. The number of anilines is 2. The first-order valence-corrected chi connectivity index (χ1v) is 24.2. The van der Waals surface area contributed by atoms with E-state index in [1.54, 1.807) is 35.9 Å². The number of thiophene rings is 1. The van der Waals surface area contributed by atoms with E-state index in [2.05, 4.69) is 72.6 Å². The van der Waals surface area contributed by atoms with Gasteiger partial charge in [0.1, 0.15) is 40.5 Å². The van der Waals surface area contributed by atoms with Crippen LogP contribution >= 0.6 is 11.3 Å². The molecule has 0 spiro atoms. The first-order chi connectivity index (χ1) is 32.5. The molecule has 1 aliphatic carbocycles. The summed E-state index contributed by atoms with van der Waals surface area (Å²) in [6.07, 6.45) is 6.40. The highest BCUT2D eigenvalue weighted by molar-refractivity contribution is 7.15. The average molecular weight is 921 g/mol. The van der Waals surface area contributed by atoms with Gasteiger partial charge in [-0.3, -0.25) is 14.5 Å². The fourth-order valence-corrected chi connectivity index (χ4v) is 12.3. The van der Waals surface area contributed by atoms with Crippen LogP contribution in [0.5, 0.6) is 5.75 Å². The molecular weight excluding hydrogens is 867 g/mol. The summed E-state index contributed by atoms with van der Waals surface area (Å²) in [5.74, 6) is 0.620. The molecule has 4 aromatic carbocycles. The van der Waals surface area contributed by atoms with Crippen LogP contribution in [0.3, 0.4) is 0 Å². The minimum atomic E-state index is -0.837. The summed E-state index contributed by atoms with van der Waals surface area (Å²) in [6, 6.07) is 26.4. The van der Waals surface area contributed by atoms with Crippen LogP contribution in [-0.2, 0) is 12.8 Å². The fraction of sp³-hybridized carbons (Fsp3) is 0.358. The number of aryl methyl sites for hydroxylation is 3. The van der Waals surface area contributed by atoms with Crippen molar-refractivity contribution in [1.29, 1.82) is 0 Å². The second-order valence-corrected chi connectivity index (χ2v) is 20.0. The van der Waals surface area contributed by atoms with Gasteiger partial charge in [0.2, 0.25) is 0 Å². The molecule has 3 aromatic heterocycles. The van der Waals surface area contributed by atoms with Gasteiger partial charge in [-0.2, -0.15) is 0 Å². The van der Waals surface area contributed by atoms with Crippen molar-refractivity contribution in [2.45, 2.75) is 76.4 Å². The Kier molecular flexibility index (Phi) is 11.3. The molecule has 3 aliphatic heterocycles. The van der Waals surface area contributed by atoms with E-state index in [0.717, 1.165) is 81.8 Å². The number of halogens is 2. The molecule has 3 atom stereocenters. The van der Waals surface area contributed by atoms with Crippen molar-refractivity contribution < 1.29 is 23.4 Å². The molecule has 67 heavy (non-hydrogen) atoms. The van der Waals surface area contributed by atoms with Gasteiger partial charge in [-0.1, -0.05) is 48.5 Å². The van der Waals surface area contributed by atoms with Crippen molar-refractivity contribution in [2.75, 3.05) is 55.6 Å². The first kappa shape index (κ1) is 43.4. The molecule has 7 aromatic rings.